The normalized spacial score (nSPS) is 37.8. The van der Waals surface area contributed by atoms with Crippen LogP contribution in [0, 0.1) is 5.41 Å². The average Bonchev–Trinajstić information content (AvgIpc) is 2.27. The molecule has 0 aromatic carbocycles. The van der Waals surface area contributed by atoms with Crippen LogP contribution in [-0.4, -0.2) is 24.4 Å². The first-order valence-corrected chi connectivity index (χ1v) is 5.81. The molecule has 3 saturated carbocycles. The molecule has 0 saturated heterocycles. The van der Waals surface area contributed by atoms with E-state index in [1.165, 1.54) is 0 Å². The molecule has 2 bridgehead atoms. The lowest BCUT2D eigenvalue weighted by atomic mass is 9.57. The van der Waals surface area contributed by atoms with Crippen LogP contribution < -0.4 is 11.1 Å². The maximum absolute atomic E-state index is 12.0. The summed E-state index contributed by atoms with van der Waals surface area (Å²) >= 11 is 0. The maximum Gasteiger partial charge on any atom is 0.255 e. The standard InChI is InChI=1S/C11H18F2N2O/c12-8(13)7-15-9(16)10-1-4-11(14,5-2-10)6-3-10/h8H,1-7,14H2,(H,15,16). The van der Waals surface area contributed by atoms with Crippen LogP contribution >= 0.6 is 0 Å². The van der Waals surface area contributed by atoms with E-state index in [-0.39, 0.29) is 11.4 Å². The Morgan fingerprint density at radius 1 is 1.19 bits per heavy atom. The van der Waals surface area contributed by atoms with Gasteiger partial charge < -0.3 is 11.1 Å². The van der Waals surface area contributed by atoms with Crippen molar-refractivity contribution in [2.24, 2.45) is 11.1 Å². The first-order valence-electron chi connectivity index (χ1n) is 5.81. The first-order chi connectivity index (χ1) is 7.46. The SMILES string of the molecule is NC12CCC(C(=O)NCC(F)F)(CC1)CC2. The van der Waals surface area contributed by atoms with Gasteiger partial charge in [0.15, 0.2) is 0 Å². The van der Waals surface area contributed by atoms with Crippen molar-refractivity contribution in [3.8, 4) is 0 Å². The first kappa shape index (κ1) is 11.8. The fourth-order valence-corrected chi connectivity index (χ4v) is 2.91. The molecule has 5 heteroatoms. The molecule has 0 heterocycles. The van der Waals surface area contributed by atoms with Gasteiger partial charge in [0.1, 0.15) is 0 Å². The quantitative estimate of drug-likeness (QED) is 0.773. The van der Waals surface area contributed by atoms with Crippen molar-refractivity contribution in [2.75, 3.05) is 6.54 Å². The molecule has 3 fully saturated rings. The van der Waals surface area contributed by atoms with Crippen LogP contribution in [0.5, 0.6) is 0 Å². The second-order valence-electron chi connectivity index (χ2n) is 5.24. The molecule has 0 aromatic heterocycles. The zero-order valence-electron chi connectivity index (χ0n) is 9.27. The number of carbonyl (C=O) groups is 1. The molecule has 3 nitrogen and oxygen atoms in total. The smallest absolute Gasteiger partial charge is 0.255 e. The van der Waals surface area contributed by atoms with Gasteiger partial charge in [0.2, 0.25) is 5.91 Å². The van der Waals surface area contributed by atoms with Crippen molar-refractivity contribution in [3.05, 3.63) is 0 Å². The van der Waals surface area contributed by atoms with E-state index in [2.05, 4.69) is 5.32 Å². The van der Waals surface area contributed by atoms with Crippen LogP contribution in [0.15, 0.2) is 0 Å². The monoisotopic (exact) mass is 232 g/mol. The minimum absolute atomic E-state index is 0.0925. The molecule has 0 spiro atoms. The molecule has 0 aromatic rings. The average molecular weight is 232 g/mol. The third kappa shape index (κ3) is 2.05. The van der Waals surface area contributed by atoms with Gasteiger partial charge in [0.25, 0.3) is 6.43 Å². The number of fused-ring (bicyclic) bond motifs is 3. The molecule has 0 aliphatic heterocycles. The molecule has 92 valence electrons. The zero-order valence-corrected chi connectivity index (χ0v) is 9.27. The topological polar surface area (TPSA) is 55.1 Å². The highest BCUT2D eigenvalue weighted by Crippen LogP contribution is 2.51. The molecule has 0 radical (unpaired) electrons. The van der Waals surface area contributed by atoms with Crippen LogP contribution in [0.1, 0.15) is 38.5 Å². The zero-order chi connectivity index (χ0) is 11.8. The molecule has 16 heavy (non-hydrogen) atoms. The third-order valence-electron chi connectivity index (χ3n) is 4.20. The van der Waals surface area contributed by atoms with Gasteiger partial charge in [0.05, 0.1) is 6.54 Å². The number of rotatable bonds is 3. The van der Waals surface area contributed by atoms with Crippen LogP contribution in [0.2, 0.25) is 0 Å². The summed E-state index contributed by atoms with van der Waals surface area (Å²) in [7, 11) is 0. The molecule has 1 amide bonds. The van der Waals surface area contributed by atoms with E-state index in [1.54, 1.807) is 0 Å². The summed E-state index contributed by atoms with van der Waals surface area (Å²) < 4.78 is 24.1. The maximum atomic E-state index is 12.0. The van der Waals surface area contributed by atoms with Crippen LogP contribution in [0.4, 0.5) is 8.78 Å². The van der Waals surface area contributed by atoms with E-state index in [0.717, 1.165) is 38.5 Å². The molecular weight excluding hydrogens is 214 g/mol. The molecule has 3 aliphatic carbocycles. The van der Waals surface area contributed by atoms with E-state index in [0.29, 0.717) is 0 Å². The van der Waals surface area contributed by atoms with Gasteiger partial charge in [-0.05, 0) is 38.5 Å². The van der Waals surface area contributed by atoms with Gasteiger partial charge >= 0.3 is 0 Å². The number of nitrogens with one attached hydrogen (secondary N) is 1. The van der Waals surface area contributed by atoms with Gasteiger partial charge in [-0.3, -0.25) is 4.79 Å². The number of carbonyl (C=O) groups excluding carboxylic acids is 1. The Kier molecular flexibility index (Phi) is 2.90. The van der Waals surface area contributed by atoms with Crippen LogP contribution in [0.3, 0.4) is 0 Å². The van der Waals surface area contributed by atoms with Crippen molar-refractivity contribution >= 4 is 5.91 Å². The predicted octanol–water partition coefficient (Wildman–Crippen LogP) is 1.42. The molecular formula is C11H18F2N2O. The minimum Gasteiger partial charge on any atom is -0.350 e. The van der Waals surface area contributed by atoms with Crippen molar-refractivity contribution in [1.29, 1.82) is 0 Å². The molecule has 3 N–H and O–H groups in total. The molecule has 0 atom stereocenters. The summed E-state index contributed by atoms with van der Waals surface area (Å²) in [5.41, 5.74) is 5.63. The van der Waals surface area contributed by atoms with E-state index in [4.69, 9.17) is 5.73 Å². The number of nitrogens with two attached hydrogens (primary N) is 1. The number of amides is 1. The highest BCUT2D eigenvalue weighted by molar-refractivity contribution is 5.83. The summed E-state index contributed by atoms with van der Waals surface area (Å²) in [6.45, 7) is -0.533. The van der Waals surface area contributed by atoms with Crippen molar-refractivity contribution in [2.45, 2.75) is 50.5 Å². The Labute approximate surface area is 93.8 Å². The largest absolute Gasteiger partial charge is 0.350 e. The highest BCUT2D eigenvalue weighted by Gasteiger charge is 2.50. The second-order valence-corrected chi connectivity index (χ2v) is 5.24. The lowest BCUT2D eigenvalue weighted by Gasteiger charge is -2.50. The number of hydrogen-bond donors (Lipinski definition) is 2. The fraction of sp³-hybridized carbons (Fsp3) is 0.909. The van der Waals surface area contributed by atoms with E-state index in [9.17, 15) is 13.6 Å². The summed E-state index contributed by atoms with van der Waals surface area (Å²) in [5.74, 6) is -0.199. The Balaban J connectivity index is 1.96. The van der Waals surface area contributed by atoms with Crippen molar-refractivity contribution < 1.29 is 13.6 Å². The van der Waals surface area contributed by atoms with Gasteiger partial charge in [-0.1, -0.05) is 0 Å². The second kappa shape index (κ2) is 3.95. The van der Waals surface area contributed by atoms with E-state index < -0.39 is 18.4 Å². The predicted molar refractivity (Wildman–Crippen MR) is 56.1 cm³/mol. The lowest BCUT2D eigenvalue weighted by molar-refractivity contribution is -0.138. The number of hydrogen-bond acceptors (Lipinski definition) is 2. The van der Waals surface area contributed by atoms with Gasteiger partial charge in [0, 0.05) is 11.0 Å². The van der Waals surface area contributed by atoms with Crippen molar-refractivity contribution in [1.82, 2.24) is 5.32 Å². The van der Waals surface area contributed by atoms with E-state index in [1.807, 2.05) is 0 Å². The molecule has 3 aliphatic rings. The summed E-state index contributed by atoms with van der Waals surface area (Å²) in [5, 5.41) is 2.35. The van der Waals surface area contributed by atoms with Gasteiger partial charge in [-0.2, -0.15) is 0 Å². The Morgan fingerprint density at radius 2 is 1.69 bits per heavy atom. The van der Waals surface area contributed by atoms with Gasteiger partial charge in [-0.15, -0.1) is 0 Å². The van der Waals surface area contributed by atoms with Gasteiger partial charge in [-0.25, -0.2) is 8.78 Å². The number of halogens is 2. The fourth-order valence-electron chi connectivity index (χ4n) is 2.91. The Morgan fingerprint density at radius 3 is 2.12 bits per heavy atom. The molecule has 3 rings (SSSR count). The van der Waals surface area contributed by atoms with Crippen LogP contribution in [0.25, 0.3) is 0 Å². The number of alkyl halides is 2. The third-order valence-corrected chi connectivity index (χ3v) is 4.20. The van der Waals surface area contributed by atoms with Crippen LogP contribution in [-0.2, 0) is 4.79 Å². The highest BCUT2D eigenvalue weighted by atomic mass is 19.3. The summed E-state index contributed by atoms with van der Waals surface area (Å²) in [6, 6.07) is 0. The summed E-state index contributed by atoms with van der Waals surface area (Å²) in [4.78, 5) is 11.9. The van der Waals surface area contributed by atoms with Crippen molar-refractivity contribution in [3.63, 3.8) is 0 Å². The van der Waals surface area contributed by atoms with E-state index >= 15 is 0 Å². The summed E-state index contributed by atoms with van der Waals surface area (Å²) in [6.07, 6.45) is 2.30. The Hall–Kier alpha value is -0.710. The Bertz CT molecular complexity index is 269. The minimum atomic E-state index is -2.47. The molecule has 0 unspecified atom stereocenters. The lowest BCUT2D eigenvalue weighted by Crippen LogP contribution is -2.56.